The molecule has 1 N–H and O–H groups in total. The lowest BCUT2D eigenvalue weighted by atomic mass is 9.87. The van der Waals surface area contributed by atoms with Gasteiger partial charge < -0.3 is 4.42 Å². The highest BCUT2D eigenvalue weighted by molar-refractivity contribution is 7.92. The maximum atomic E-state index is 12.9. The van der Waals surface area contributed by atoms with Crippen molar-refractivity contribution in [2.24, 2.45) is 5.92 Å². The van der Waals surface area contributed by atoms with Crippen molar-refractivity contribution in [2.75, 3.05) is 4.72 Å². The summed E-state index contributed by atoms with van der Waals surface area (Å²) < 4.78 is 34.9. The summed E-state index contributed by atoms with van der Waals surface area (Å²) in [6.45, 7) is 2.25. The molecule has 4 nitrogen and oxygen atoms in total. The lowest BCUT2D eigenvalue weighted by molar-refractivity contribution is 0.439. The molecule has 0 aliphatic heterocycles. The molecule has 142 valence electrons. The molecule has 1 aliphatic carbocycles. The first-order chi connectivity index (χ1) is 13.5. The smallest absolute Gasteiger partial charge is 0.261 e. The van der Waals surface area contributed by atoms with Gasteiger partial charge >= 0.3 is 0 Å². The molecule has 0 bridgehead atoms. The average Bonchev–Trinajstić information content (AvgIpc) is 3.07. The molecule has 0 saturated carbocycles. The van der Waals surface area contributed by atoms with Crippen molar-refractivity contribution >= 4 is 37.5 Å². The van der Waals surface area contributed by atoms with Gasteiger partial charge in [0, 0.05) is 28.1 Å². The second-order valence-corrected chi connectivity index (χ2v) is 9.30. The van der Waals surface area contributed by atoms with Crippen LogP contribution >= 0.6 is 0 Å². The van der Waals surface area contributed by atoms with Crippen LogP contribution in [0.4, 0.5) is 5.69 Å². The van der Waals surface area contributed by atoms with E-state index in [-0.39, 0.29) is 4.90 Å². The summed E-state index contributed by atoms with van der Waals surface area (Å²) in [5.74, 6) is 1.64. The molecule has 1 aromatic heterocycles. The Hall–Kier alpha value is -2.79. The minimum Gasteiger partial charge on any atom is -0.460 e. The van der Waals surface area contributed by atoms with E-state index in [0.717, 1.165) is 46.8 Å². The van der Waals surface area contributed by atoms with Gasteiger partial charge in [0.15, 0.2) is 0 Å². The summed E-state index contributed by atoms with van der Waals surface area (Å²) in [6, 6.07) is 18.2. The van der Waals surface area contributed by atoms with Gasteiger partial charge in [0.2, 0.25) is 0 Å². The number of benzene rings is 3. The second-order valence-electron chi connectivity index (χ2n) is 7.62. The van der Waals surface area contributed by atoms with Crippen LogP contribution in [-0.4, -0.2) is 8.42 Å². The molecule has 1 heterocycles. The van der Waals surface area contributed by atoms with Gasteiger partial charge in [-0.2, -0.15) is 0 Å². The van der Waals surface area contributed by atoms with E-state index in [4.69, 9.17) is 4.42 Å². The van der Waals surface area contributed by atoms with Gasteiger partial charge in [-0.1, -0.05) is 49.4 Å². The summed E-state index contributed by atoms with van der Waals surface area (Å²) in [4.78, 5) is 0.252. The Morgan fingerprint density at radius 1 is 0.964 bits per heavy atom. The van der Waals surface area contributed by atoms with Gasteiger partial charge in [-0.15, -0.1) is 0 Å². The van der Waals surface area contributed by atoms with Crippen molar-refractivity contribution in [3.8, 4) is 0 Å². The Morgan fingerprint density at radius 2 is 1.68 bits per heavy atom. The molecule has 1 aliphatic rings. The zero-order valence-corrected chi connectivity index (χ0v) is 16.4. The minimum absolute atomic E-state index is 0.252. The van der Waals surface area contributed by atoms with E-state index in [1.54, 1.807) is 30.3 Å². The van der Waals surface area contributed by atoms with Gasteiger partial charge in [-0.25, -0.2) is 8.42 Å². The molecule has 5 rings (SSSR count). The first-order valence-corrected chi connectivity index (χ1v) is 11.0. The molecule has 1 atom stereocenters. The summed E-state index contributed by atoms with van der Waals surface area (Å²) in [5.41, 5.74) is 2.67. The average molecular weight is 391 g/mol. The number of rotatable bonds is 3. The highest BCUT2D eigenvalue weighted by Crippen LogP contribution is 2.40. The molecule has 0 amide bonds. The number of nitrogens with one attached hydrogen (secondary N) is 1. The van der Waals surface area contributed by atoms with Gasteiger partial charge in [-0.3, -0.25) is 4.72 Å². The maximum absolute atomic E-state index is 12.9. The molecule has 4 aromatic rings. The van der Waals surface area contributed by atoms with Crippen molar-refractivity contribution in [3.63, 3.8) is 0 Å². The van der Waals surface area contributed by atoms with Gasteiger partial charge in [0.05, 0.1) is 10.6 Å². The number of hydrogen-bond acceptors (Lipinski definition) is 3. The number of fused-ring (bicyclic) bond motifs is 5. The largest absolute Gasteiger partial charge is 0.460 e. The van der Waals surface area contributed by atoms with Crippen molar-refractivity contribution in [3.05, 3.63) is 72.0 Å². The zero-order chi connectivity index (χ0) is 19.3. The molecular weight excluding hydrogens is 370 g/mol. The van der Waals surface area contributed by atoms with Crippen LogP contribution in [0, 0.1) is 5.92 Å². The zero-order valence-electron chi connectivity index (χ0n) is 15.6. The van der Waals surface area contributed by atoms with Crippen LogP contribution in [0.3, 0.4) is 0 Å². The predicted molar refractivity (Wildman–Crippen MR) is 112 cm³/mol. The molecule has 0 unspecified atom stereocenters. The Kier molecular flexibility index (Phi) is 3.95. The lowest BCUT2D eigenvalue weighted by Crippen LogP contribution is -2.13. The highest BCUT2D eigenvalue weighted by atomic mass is 32.2. The number of aryl methyl sites for hydroxylation is 1. The molecule has 0 spiro atoms. The van der Waals surface area contributed by atoms with Crippen LogP contribution in [0.15, 0.2) is 70.0 Å². The standard InChI is InChI=1S/C23H21NO3S/c1-15-11-12-22-19(13-15)20-14-21(17-9-5-6-10-18(17)23(20)27-22)24-28(25,26)16-7-3-2-4-8-16/h2-10,14-15,24H,11-13H2,1H3/t15-/m0/s1. The molecule has 28 heavy (non-hydrogen) atoms. The van der Waals surface area contributed by atoms with Crippen LogP contribution in [0.1, 0.15) is 24.7 Å². The fraction of sp³-hybridized carbons (Fsp3) is 0.217. The van der Waals surface area contributed by atoms with Gasteiger partial charge in [0.1, 0.15) is 11.3 Å². The van der Waals surface area contributed by atoms with E-state index in [9.17, 15) is 8.42 Å². The third kappa shape index (κ3) is 2.78. The Bertz CT molecular complexity index is 1290. The van der Waals surface area contributed by atoms with Gasteiger partial charge in [-0.05, 0) is 37.0 Å². The lowest BCUT2D eigenvalue weighted by Gasteiger charge is -2.17. The Morgan fingerprint density at radius 3 is 2.46 bits per heavy atom. The number of anilines is 1. The maximum Gasteiger partial charge on any atom is 0.261 e. The fourth-order valence-electron chi connectivity index (χ4n) is 4.16. The highest BCUT2D eigenvalue weighted by Gasteiger charge is 2.24. The molecule has 0 fully saturated rings. The quantitative estimate of drug-likeness (QED) is 0.501. The van der Waals surface area contributed by atoms with E-state index in [1.807, 2.05) is 30.3 Å². The molecule has 5 heteroatoms. The first kappa shape index (κ1) is 17.3. The molecular formula is C23H21NO3S. The van der Waals surface area contributed by atoms with Crippen LogP contribution < -0.4 is 4.72 Å². The molecule has 0 radical (unpaired) electrons. The molecule has 3 aromatic carbocycles. The normalized spacial score (nSPS) is 17.0. The monoisotopic (exact) mass is 391 g/mol. The van der Waals surface area contributed by atoms with Crippen LogP contribution in [0.5, 0.6) is 0 Å². The van der Waals surface area contributed by atoms with E-state index < -0.39 is 10.0 Å². The second kappa shape index (κ2) is 6.38. The minimum atomic E-state index is -3.67. The van der Waals surface area contributed by atoms with Crippen molar-refractivity contribution < 1.29 is 12.8 Å². The third-order valence-corrected chi connectivity index (χ3v) is 6.98. The first-order valence-electron chi connectivity index (χ1n) is 9.57. The van der Waals surface area contributed by atoms with Crippen molar-refractivity contribution in [1.29, 1.82) is 0 Å². The van der Waals surface area contributed by atoms with Crippen LogP contribution in [0.25, 0.3) is 21.7 Å². The number of furan rings is 1. The number of hydrogen-bond donors (Lipinski definition) is 1. The van der Waals surface area contributed by atoms with E-state index in [1.165, 1.54) is 5.56 Å². The van der Waals surface area contributed by atoms with E-state index in [2.05, 4.69) is 11.6 Å². The van der Waals surface area contributed by atoms with Crippen LogP contribution in [-0.2, 0) is 22.9 Å². The SMILES string of the molecule is C[C@H]1CCc2oc3c(cc(NS(=O)(=O)c4ccccc4)c4ccccc43)c2C1. The van der Waals surface area contributed by atoms with E-state index in [0.29, 0.717) is 11.6 Å². The topological polar surface area (TPSA) is 59.3 Å². The summed E-state index contributed by atoms with van der Waals surface area (Å²) in [6.07, 6.45) is 3.02. The summed E-state index contributed by atoms with van der Waals surface area (Å²) in [5, 5.41) is 2.80. The van der Waals surface area contributed by atoms with Crippen molar-refractivity contribution in [2.45, 2.75) is 31.1 Å². The summed E-state index contributed by atoms with van der Waals surface area (Å²) in [7, 11) is -3.67. The third-order valence-electron chi connectivity index (χ3n) is 5.60. The van der Waals surface area contributed by atoms with Crippen molar-refractivity contribution in [1.82, 2.24) is 0 Å². The predicted octanol–water partition coefficient (Wildman–Crippen LogP) is 5.51. The Balaban J connectivity index is 1.73. The van der Waals surface area contributed by atoms with Crippen LogP contribution in [0.2, 0.25) is 0 Å². The Labute approximate surface area is 164 Å². The number of sulfonamides is 1. The fourth-order valence-corrected chi connectivity index (χ4v) is 5.25. The summed E-state index contributed by atoms with van der Waals surface area (Å²) >= 11 is 0. The van der Waals surface area contributed by atoms with E-state index >= 15 is 0 Å². The van der Waals surface area contributed by atoms with Gasteiger partial charge in [0.25, 0.3) is 10.0 Å². The molecule has 0 saturated heterocycles.